The van der Waals surface area contributed by atoms with Gasteiger partial charge in [-0.05, 0) is 36.8 Å². The zero-order valence-corrected chi connectivity index (χ0v) is 11.3. The Hall–Kier alpha value is -1.31. The minimum atomic E-state index is -0.977. The number of carbonyl (C=O) groups excluding carboxylic acids is 1. The SMILES string of the molecule is CCCCCCCc1ccc(CCC(=O)[O-])cc1. The number of aliphatic carboxylic acids is 1. The van der Waals surface area contributed by atoms with Crippen LogP contribution in [0.3, 0.4) is 0 Å². The van der Waals surface area contributed by atoms with Crippen molar-refractivity contribution in [2.24, 2.45) is 0 Å². The van der Waals surface area contributed by atoms with Crippen molar-refractivity contribution in [2.75, 3.05) is 0 Å². The lowest BCUT2D eigenvalue weighted by Crippen LogP contribution is -2.22. The first-order chi connectivity index (χ1) is 8.72. The summed E-state index contributed by atoms with van der Waals surface area (Å²) in [5.41, 5.74) is 2.43. The molecule has 0 fully saturated rings. The minimum absolute atomic E-state index is 0.108. The van der Waals surface area contributed by atoms with Crippen molar-refractivity contribution in [2.45, 2.75) is 58.3 Å². The average Bonchev–Trinajstić information content (AvgIpc) is 2.37. The zero-order valence-electron chi connectivity index (χ0n) is 11.3. The topological polar surface area (TPSA) is 40.1 Å². The molecule has 1 rings (SSSR count). The Kier molecular flexibility index (Phi) is 7.16. The third-order valence-electron chi connectivity index (χ3n) is 3.21. The number of carbonyl (C=O) groups is 1. The molecule has 0 N–H and O–H groups in total. The highest BCUT2D eigenvalue weighted by molar-refractivity contribution is 5.64. The summed E-state index contributed by atoms with van der Waals surface area (Å²) in [7, 11) is 0. The Morgan fingerprint density at radius 2 is 1.50 bits per heavy atom. The minimum Gasteiger partial charge on any atom is -0.550 e. The number of unbranched alkanes of at least 4 members (excludes halogenated alkanes) is 4. The van der Waals surface area contributed by atoms with Gasteiger partial charge in [-0.3, -0.25) is 0 Å². The quantitative estimate of drug-likeness (QED) is 0.629. The molecule has 2 nitrogen and oxygen atoms in total. The third kappa shape index (κ3) is 6.43. The van der Waals surface area contributed by atoms with Gasteiger partial charge in [-0.15, -0.1) is 0 Å². The van der Waals surface area contributed by atoms with Crippen LogP contribution in [0.25, 0.3) is 0 Å². The van der Waals surface area contributed by atoms with Gasteiger partial charge in [-0.25, -0.2) is 0 Å². The van der Waals surface area contributed by atoms with E-state index < -0.39 is 5.97 Å². The first-order valence-electron chi connectivity index (χ1n) is 7.00. The fourth-order valence-corrected chi connectivity index (χ4v) is 2.05. The van der Waals surface area contributed by atoms with Crippen LogP contribution >= 0.6 is 0 Å². The molecule has 0 atom stereocenters. The summed E-state index contributed by atoms with van der Waals surface area (Å²) in [5, 5.41) is 10.4. The molecule has 0 radical (unpaired) electrons. The summed E-state index contributed by atoms with van der Waals surface area (Å²) in [6.07, 6.45) is 8.31. The number of carboxylic acids is 1. The van der Waals surface area contributed by atoms with Gasteiger partial charge in [0.15, 0.2) is 0 Å². The van der Waals surface area contributed by atoms with E-state index in [1.54, 1.807) is 0 Å². The summed E-state index contributed by atoms with van der Waals surface area (Å²) >= 11 is 0. The highest BCUT2D eigenvalue weighted by atomic mass is 16.4. The number of benzene rings is 1. The van der Waals surface area contributed by atoms with Gasteiger partial charge in [0.05, 0.1) is 0 Å². The maximum atomic E-state index is 10.4. The van der Waals surface area contributed by atoms with Crippen LogP contribution in [-0.4, -0.2) is 5.97 Å². The van der Waals surface area contributed by atoms with Crippen LogP contribution in [-0.2, 0) is 17.6 Å². The van der Waals surface area contributed by atoms with Crippen molar-refractivity contribution < 1.29 is 9.90 Å². The van der Waals surface area contributed by atoms with E-state index in [-0.39, 0.29) is 6.42 Å². The molecular formula is C16H23O2-. The van der Waals surface area contributed by atoms with E-state index in [0.717, 1.165) is 12.0 Å². The predicted octanol–water partition coefficient (Wildman–Crippen LogP) is 2.88. The number of hydrogen-bond acceptors (Lipinski definition) is 2. The van der Waals surface area contributed by atoms with Gasteiger partial charge in [0.25, 0.3) is 0 Å². The van der Waals surface area contributed by atoms with Crippen molar-refractivity contribution in [3.05, 3.63) is 35.4 Å². The summed E-state index contributed by atoms with van der Waals surface area (Å²) in [6.45, 7) is 2.23. The van der Waals surface area contributed by atoms with Gasteiger partial charge in [0, 0.05) is 5.97 Å². The third-order valence-corrected chi connectivity index (χ3v) is 3.21. The van der Waals surface area contributed by atoms with Gasteiger partial charge < -0.3 is 9.90 Å². The highest BCUT2D eigenvalue weighted by Crippen LogP contribution is 2.11. The van der Waals surface area contributed by atoms with Crippen LogP contribution in [0.2, 0.25) is 0 Å². The van der Waals surface area contributed by atoms with Crippen molar-refractivity contribution in [1.82, 2.24) is 0 Å². The van der Waals surface area contributed by atoms with E-state index >= 15 is 0 Å². The maximum Gasteiger partial charge on any atom is 0.0417 e. The smallest absolute Gasteiger partial charge is 0.0417 e. The lowest BCUT2D eigenvalue weighted by molar-refractivity contribution is -0.305. The Morgan fingerprint density at radius 1 is 0.944 bits per heavy atom. The Bertz CT molecular complexity index is 341. The summed E-state index contributed by atoms with van der Waals surface area (Å²) in [6, 6.07) is 8.30. The van der Waals surface area contributed by atoms with E-state index in [0.29, 0.717) is 6.42 Å². The predicted molar refractivity (Wildman–Crippen MR) is 72.2 cm³/mol. The molecule has 100 valence electrons. The number of aryl methyl sites for hydroxylation is 2. The van der Waals surface area contributed by atoms with Crippen LogP contribution in [0.5, 0.6) is 0 Å². The maximum absolute atomic E-state index is 10.4. The molecule has 0 bridgehead atoms. The summed E-state index contributed by atoms with van der Waals surface area (Å²) in [4.78, 5) is 10.4. The molecular weight excluding hydrogens is 224 g/mol. The molecule has 0 heterocycles. The van der Waals surface area contributed by atoms with Gasteiger partial charge in [-0.2, -0.15) is 0 Å². The molecule has 0 saturated carbocycles. The van der Waals surface area contributed by atoms with Crippen LogP contribution in [0.15, 0.2) is 24.3 Å². The Labute approximate surface area is 110 Å². The lowest BCUT2D eigenvalue weighted by Gasteiger charge is -2.05. The van der Waals surface area contributed by atoms with Crippen LogP contribution in [0.4, 0.5) is 0 Å². The second-order valence-corrected chi connectivity index (χ2v) is 4.85. The van der Waals surface area contributed by atoms with Crippen molar-refractivity contribution in [3.8, 4) is 0 Å². The standard InChI is InChI=1S/C16H24O2/c1-2-3-4-5-6-7-14-8-10-15(11-9-14)12-13-16(17)18/h8-11H,2-7,12-13H2,1H3,(H,17,18)/p-1. The zero-order chi connectivity index (χ0) is 13.2. The Balaban J connectivity index is 2.25. The molecule has 0 saturated heterocycles. The van der Waals surface area contributed by atoms with Crippen molar-refractivity contribution in [3.63, 3.8) is 0 Å². The van der Waals surface area contributed by atoms with Gasteiger partial charge >= 0.3 is 0 Å². The molecule has 0 spiro atoms. The second-order valence-electron chi connectivity index (χ2n) is 4.85. The lowest BCUT2D eigenvalue weighted by atomic mass is 10.0. The van der Waals surface area contributed by atoms with Crippen molar-refractivity contribution >= 4 is 5.97 Å². The van der Waals surface area contributed by atoms with Gasteiger partial charge in [0.1, 0.15) is 0 Å². The molecule has 0 aliphatic rings. The number of hydrogen-bond donors (Lipinski definition) is 0. The molecule has 1 aromatic rings. The molecule has 0 aliphatic carbocycles. The van der Waals surface area contributed by atoms with Gasteiger partial charge in [-0.1, -0.05) is 56.9 Å². The first-order valence-corrected chi connectivity index (χ1v) is 7.00. The van der Waals surface area contributed by atoms with E-state index in [1.807, 2.05) is 12.1 Å². The molecule has 0 amide bonds. The monoisotopic (exact) mass is 247 g/mol. The largest absolute Gasteiger partial charge is 0.550 e. The van der Waals surface area contributed by atoms with E-state index in [1.165, 1.54) is 37.7 Å². The molecule has 0 aliphatic heterocycles. The van der Waals surface area contributed by atoms with Crippen molar-refractivity contribution in [1.29, 1.82) is 0 Å². The Morgan fingerprint density at radius 3 is 2.06 bits per heavy atom. The normalized spacial score (nSPS) is 10.5. The number of rotatable bonds is 9. The number of carboxylic acid groups (broad SMARTS) is 1. The summed E-state index contributed by atoms with van der Waals surface area (Å²) in [5.74, 6) is -0.977. The molecule has 0 aromatic heterocycles. The average molecular weight is 247 g/mol. The molecule has 18 heavy (non-hydrogen) atoms. The molecule has 0 unspecified atom stereocenters. The van der Waals surface area contributed by atoms with Gasteiger partial charge in [0.2, 0.25) is 0 Å². The fourth-order valence-electron chi connectivity index (χ4n) is 2.05. The van der Waals surface area contributed by atoms with Crippen LogP contribution in [0, 0.1) is 0 Å². The van der Waals surface area contributed by atoms with E-state index in [2.05, 4.69) is 19.1 Å². The van der Waals surface area contributed by atoms with Crippen LogP contribution < -0.4 is 5.11 Å². The van der Waals surface area contributed by atoms with E-state index in [4.69, 9.17) is 0 Å². The fraction of sp³-hybridized carbons (Fsp3) is 0.562. The second kappa shape index (κ2) is 8.73. The molecule has 1 aromatic carbocycles. The first kappa shape index (κ1) is 14.7. The highest BCUT2D eigenvalue weighted by Gasteiger charge is 1.96. The molecule has 2 heteroatoms. The van der Waals surface area contributed by atoms with Crippen LogP contribution in [0.1, 0.15) is 56.6 Å². The van der Waals surface area contributed by atoms with E-state index in [9.17, 15) is 9.90 Å². The summed E-state index contributed by atoms with van der Waals surface area (Å²) < 4.78 is 0.